The van der Waals surface area contributed by atoms with E-state index in [1.807, 2.05) is 30.3 Å². The summed E-state index contributed by atoms with van der Waals surface area (Å²) in [7, 11) is -0.495. The molecule has 0 unspecified atom stereocenters. The van der Waals surface area contributed by atoms with E-state index in [0.717, 1.165) is 5.56 Å². The van der Waals surface area contributed by atoms with Crippen molar-refractivity contribution in [3.8, 4) is 22.8 Å². The lowest BCUT2D eigenvalue weighted by molar-refractivity contribution is 0.0688. The number of hydrogen-bond acceptors (Lipinski definition) is 7. The van der Waals surface area contributed by atoms with Gasteiger partial charge in [-0.05, 0) is 29.8 Å². The number of nitrogens with zero attached hydrogens (tertiary/aromatic N) is 3. The Hall–Kier alpha value is -3.63. The van der Waals surface area contributed by atoms with Crippen LogP contribution in [0.5, 0.6) is 11.5 Å². The second-order valence-electron chi connectivity index (χ2n) is 7.59. The van der Waals surface area contributed by atoms with E-state index in [4.69, 9.17) is 14.0 Å². The summed E-state index contributed by atoms with van der Waals surface area (Å²) in [5, 5.41) is 5.12. The van der Waals surface area contributed by atoms with Gasteiger partial charge in [-0.2, -0.15) is 4.31 Å². The van der Waals surface area contributed by atoms with Crippen molar-refractivity contribution in [2.45, 2.75) is 0 Å². The molecule has 4 rings (SSSR count). The summed E-state index contributed by atoms with van der Waals surface area (Å²) < 4.78 is 42.7. The summed E-state index contributed by atoms with van der Waals surface area (Å²) in [5.41, 5.74) is 1.55. The molecule has 0 atom stereocenters. The Morgan fingerprint density at radius 3 is 2.41 bits per heavy atom. The molecule has 1 fully saturated rings. The first-order valence-corrected chi connectivity index (χ1v) is 12.1. The highest BCUT2D eigenvalue weighted by molar-refractivity contribution is 7.92. The number of aromatic nitrogens is 1. The third-order valence-corrected chi connectivity index (χ3v) is 7.08. The summed E-state index contributed by atoms with van der Waals surface area (Å²) in [5.74, 6) is 1.21. The highest BCUT2D eigenvalue weighted by atomic mass is 32.2. The van der Waals surface area contributed by atoms with Gasteiger partial charge >= 0.3 is 0 Å². The number of methoxy groups -OCH3 is 2. The number of ether oxygens (including phenoxy) is 2. The largest absolute Gasteiger partial charge is 0.497 e. The fourth-order valence-electron chi connectivity index (χ4n) is 3.63. The molecule has 0 N–H and O–H groups in total. The van der Waals surface area contributed by atoms with Gasteiger partial charge in [0.15, 0.2) is 11.5 Å². The van der Waals surface area contributed by atoms with Crippen molar-refractivity contribution in [3.05, 3.63) is 71.3 Å². The molecule has 1 aliphatic heterocycles. The summed E-state index contributed by atoms with van der Waals surface area (Å²) in [6.07, 6.45) is 1.57. The minimum absolute atomic E-state index is 0.139. The van der Waals surface area contributed by atoms with Crippen molar-refractivity contribution in [2.75, 3.05) is 40.4 Å². The van der Waals surface area contributed by atoms with Crippen LogP contribution in [0.15, 0.2) is 64.5 Å². The van der Waals surface area contributed by atoms with Crippen molar-refractivity contribution in [3.63, 3.8) is 0 Å². The first kappa shape index (κ1) is 23.5. The third kappa shape index (κ3) is 5.13. The van der Waals surface area contributed by atoms with Crippen LogP contribution in [0.4, 0.5) is 0 Å². The number of carbonyl (C=O) groups is 1. The molecule has 0 saturated carbocycles. The first-order valence-electron chi connectivity index (χ1n) is 10.6. The number of piperazine rings is 1. The van der Waals surface area contributed by atoms with Crippen molar-refractivity contribution in [1.82, 2.24) is 14.4 Å². The Balaban J connectivity index is 1.42. The molecule has 9 nitrogen and oxygen atoms in total. The second-order valence-corrected chi connectivity index (χ2v) is 9.41. The van der Waals surface area contributed by atoms with Crippen molar-refractivity contribution < 1.29 is 27.2 Å². The second kappa shape index (κ2) is 10.1. The van der Waals surface area contributed by atoms with Crippen LogP contribution >= 0.6 is 0 Å². The molecule has 0 bridgehead atoms. The van der Waals surface area contributed by atoms with E-state index in [9.17, 15) is 13.2 Å². The standard InChI is InChI=1S/C24H25N3O6S/c1-31-19-8-9-22(32-2)20(16-19)23-17-21(25-33-23)24(28)26-11-13-27(14-12-26)34(29,30)15-10-18-6-4-3-5-7-18/h3-10,15-17H,11-14H2,1-2H3/b15-10+. The zero-order valence-electron chi connectivity index (χ0n) is 18.9. The number of amides is 1. The minimum atomic E-state index is -3.59. The molecule has 0 spiro atoms. The van der Waals surface area contributed by atoms with Gasteiger partial charge in [0.1, 0.15) is 11.5 Å². The monoisotopic (exact) mass is 483 g/mol. The fraction of sp³-hybridized carbons (Fsp3) is 0.250. The minimum Gasteiger partial charge on any atom is -0.497 e. The molecule has 178 valence electrons. The van der Waals surface area contributed by atoms with Gasteiger partial charge in [-0.25, -0.2) is 8.42 Å². The predicted octanol–water partition coefficient (Wildman–Crippen LogP) is 3.12. The van der Waals surface area contributed by atoms with Gasteiger partial charge in [0.05, 0.1) is 19.8 Å². The number of rotatable bonds is 7. The molecule has 34 heavy (non-hydrogen) atoms. The zero-order chi connectivity index (χ0) is 24.1. The SMILES string of the molecule is COc1ccc(OC)c(-c2cc(C(=O)N3CCN(S(=O)(=O)/C=C/c4ccccc4)CC3)no2)c1. The van der Waals surface area contributed by atoms with Crippen LogP contribution in [0, 0.1) is 0 Å². The average Bonchev–Trinajstić information content (AvgIpc) is 3.37. The highest BCUT2D eigenvalue weighted by Crippen LogP contribution is 2.34. The maximum atomic E-state index is 13.0. The maximum Gasteiger partial charge on any atom is 0.276 e. The number of benzene rings is 2. The van der Waals surface area contributed by atoms with Gasteiger partial charge in [-0.3, -0.25) is 4.79 Å². The smallest absolute Gasteiger partial charge is 0.276 e. The first-order chi connectivity index (χ1) is 16.4. The Kier molecular flexibility index (Phi) is 6.99. The normalized spacial score (nSPS) is 14.9. The van der Waals surface area contributed by atoms with Gasteiger partial charge in [-0.15, -0.1) is 0 Å². The molecule has 2 aromatic carbocycles. The predicted molar refractivity (Wildman–Crippen MR) is 127 cm³/mol. The van der Waals surface area contributed by atoms with E-state index in [0.29, 0.717) is 22.8 Å². The fourth-order valence-corrected chi connectivity index (χ4v) is 4.81. The quantitative estimate of drug-likeness (QED) is 0.509. The summed E-state index contributed by atoms with van der Waals surface area (Å²) in [6, 6.07) is 16.0. The third-order valence-electron chi connectivity index (χ3n) is 5.52. The van der Waals surface area contributed by atoms with Gasteiger partial charge in [0.25, 0.3) is 5.91 Å². The average molecular weight is 484 g/mol. The van der Waals surface area contributed by atoms with E-state index in [-0.39, 0.29) is 37.8 Å². The topological polar surface area (TPSA) is 102 Å². The van der Waals surface area contributed by atoms with E-state index in [2.05, 4.69) is 5.16 Å². The highest BCUT2D eigenvalue weighted by Gasteiger charge is 2.29. The molecule has 1 saturated heterocycles. The van der Waals surface area contributed by atoms with Crippen LogP contribution in [-0.4, -0.2) is 69.1 Å². The van der Waals surface area contributed by atoms with Gasteiger partial charge in [0.2, 0.25) is 10.0 Å². The lowest BCUT2D eigenvalue weighted by atomic mass is 10.1. The zero-order valence-corrected chi connectivity index (χ0v) is 19.7. The summed E-state index contributed by atoms with van der Waals surface area (Å²) in [4.78, 5) is 14.5. The molecule has 2 heterocycles. The van der Waals surface area contributed by atoms with E-state index >= 15 is 0 Å². The Morgan fingerprint density at radius 1 is 1.00 bits per heavy atom. The molecule has 10 heteroatoms. The van der Waals surface area contributed by atoms with Crippen LogP contribution in [0.1, 0.15) is 16.1 Å². The van der Waals surface area contributed by atoms with Gasteiger partial charge in [-0.1, -0.05) is 35.5 Å². The molecule has 1 aliphatic rings. The molecule has 0 radical (unpaired) electrons. The van der Waals surface area contributed by atoms with Crippen LogP contribution in [0.2, 0.25) is 0 Å². The van der Waals surface area contributed by atoms with Crippen LogP contribution < -0.4 is 9.47 Å². The Labute approximate surface area is 198 Å². The van der Waals surface area contributed by atoms with E-state index < -0.39 is 10.0 Å². The van der Waals surface area contributed by atoms with Crippen LogP contribution in [0.25, 0.3) is 17.4 Å². The lowest BCUT2D eigenvalue weighted by Crippen LogP contribution is -2.50. The van der Waals surface area contributed by atoms with Crippen LogP contribution in [0.3, 0.4) is 0 Å². The molecule has 1 amide bonds. The molecule has 0 aliphatic carbocycles. The molecular formula is C24H25N3O6S. The number of sulfonamides is 1. The molecule has 3 aromatic rings. The summed E-state index contributed by atoms with van der Waals surface area (Å²) in [6.45, 7) is 0.896. The van der Waals surface area contributed by atoms with Gasteiger partial charge in [0, 0.05) is 37.7 Å². The van der Waals surface area contributed by atoms with Crippen molar-refractivity contribution in [1.29, 1.82) is 0 Å². The summed E-state index contributed by atoms with van der Waals surface area (Å²) >= 11 is 0. The van der Waals surface area contributed by atoms with Gasteiger partial charge < -0.3 is 18.9 Å². The van der Waals surface area contributed by atoms with Crippen LogP contribution in [-0.2, 0) is 10.0 Å². The van der Waals surface area contributed by atoms with E-state index in [1.165, 1.54) is 16.8 Å². The lowest BCUT2D eigenvalue weighted by Gasteiger charge is -2.32. The van der Waals surface area contributed by atoms with Crippen molar-refractivity contribution >= 4 is 22.0 Å². The number of hydrogen-bond donors (Lipinski definition) is 0. The number of carbonyl (C=O) groups excluding carboxylic acids is 1. The van der Waals surface area contributed by atoms with Crippen molar-refractivity contribution in [2.24, 2.45) is 0 Å². The molecule has 1 aromatic heterocycles. The Bertz CT molecular complexity index is 1280. The Morgan fingerprint density at radius 2 is 1.74 bits per heavy atom. The van der Waals surface area contributed by atoms with E-state index in [1.54, 1.807) is 42.4 Å². The maximum absolute atomic E-state index is 13.0. The molecular weight excluding hydrogens is 458 g/mol.